The number of amides is 1. The molecule has 0 radical (unpaired) electrons. The first kappa shape index (κ1) is 14.3. The van der Waals surface area contributed by atoms with Gasteiger partial charge in [-0.15, -0.1) is 0 Å². The smallest absolute Gasteiger partial charge is 0.328 e. The van der Waals surface area contributed by atoms with E-state index in [0.29, 0.717) is 13.0 Å². The van der Waals surface area contributed by atoms with Gasteiger partial charge in [0.25, 0.3) is 0 Å². The van der Waals surface area contributed by atoms with E-state index in [-0.39, 0.29) is 24.0 Å². The van der Waals surface area contributed by atoms with E-state index in [1.165, 1.54) is 7.11 Å². The Labute approximate surface area is 114 Å². The van der Waals surface area contributed by atoms with Crippen LogP contribution in [0.1, 0.15) is 19.8 Å². The number of methoxy groups -OCH3 is 1. The summed E-state index contributed by atoms with van der Waals surface area (Å²) in [6, 6.07) is -0.546. The Bertz CT molecular complexity index is 342. The van der Waals surface area contributed by atoms with Crippen molar-refractivity contribution in [2.24, 2.45) is 0 Å². The number of esters is 1. The van der Waals surface area contributed by atoms with Gasteiger partial charge in [0.15, 0.2) is 0 Å². The summed E-state index contributed by atoms with van der Waals surface area (Å²) in [7, 11) is 1.38. The predicted octanol–water partition coefficient (Wildman–Crippen LogP) is -0.556. The number of ether oxygens (including phenoxy) is 1. The molecule has 0 spiro atoms. The molecule has 108 valence electrons. The summed E-state index contributed by atoms with van der Waals surface area (Å²) in [6.07, 6.45) is 1.59. The van der Waals surface area contributed by atoms with Gasteiger partial charge in [0, 0.05) is 32.7 Å². The second-order valence-electron chi connectivity index (χ2n) is 5.17. The van der Waals surface area contributed by atoms with Gasteiger partial charge in [0.2, 0.25) is 5.91 Å². The van der Waals surface area contributed by atoms with Crippen molar-refractivity contribution in [3.05, 3.63) is 0 Å². The first-order valence-corrected chi connectivity index (χ1v) is 6.98. The molecule has 0 aliphatic carbocycles. The van der Waals surface area contributed by atoms with E-state index in [1.807, 2.05) is 6.92 Å². The highest BCUT2D eigenvalue weighted by atomic mass is 16.5. The molecule has 2 atom stereocenters. The molecule has 0 bridgehead atoms. The lowest BCUT2D eigenvalue weighted by Crippen LogP contribution is -2.55. The van der Waals surface area contributed by atoms with Crippen LogP contribution in [0.15, 0.2) is 0 Å². The van der Waals surface area contributed by atoms with E-state index in [1.54, 1.807) is 4.90 Å². The Hall–Kier alpha value is -1.14. The topological polar surface area (TPSA) is 61.9 Å². The maximum absolute atomic E-state index is 12.5. The molecule has 2 heterocycles. The van der Waals surface area contributed by atoms with E-state index in [9.17, 15) is 9.59 Å². The van der Waals surface area contributed by atoms with Crippen molar-refractivity contribution in [1.29, 1.82) is 0 Å². The number of hydrogen-bond donors (Lipinski definition) is 1. The van der Waals surface area contributed by atoms with Gasteiger partial charge >= 0.3 is 5.97 Å². The van der Waals surface area contributed by atoms with Gasteiger partial charge in [0.1, 0.15) is 6.04 Å². The first-order valence-electron chi connectivity index (χ1n) is 6.98. The van der Waals surface area contributed by atoms with Crippen molar-refractivity contribution < 1.29 is 14.3 Å². The molecule has 19 heavy (non-hydrogen) atoms. The third kappa shape index (κ3) is 3.06. The van der Waals surface area contributed by atoms with Crippen molar-refractivity contribution >= 4 is 11.9 Å². The van der Waals surface area contributed by atoms with Crippen LogP contribution < -0.4 is 5.32 Å². The lowest BCUT2D eigenvalue weighted by Gasteiger charge is -2.35. The molecular formula is C13H23N3O3. The number of carbonyl (C=O) groups excluding carboxylic acids is 2. The summed E-state index contributed by atoms with van der Waals surface area (Å²) >= 11 is 0. The molecule has 2 rings (SSSR count). The monoisotopic (exact) mass is 269 g/mol. The standard InChI is InChI=1S/C13H23N3O3/c1-10(15-8-5-14-6-9-15)12(17)16-7-3-4-11(16)13(18)19-2/h10-11,14H,3-9H2,1-2H3. The van der Waals surface area contributed by atoms with Crippen LogP contribution in [0.3, 0.4) is 0 Å². The van der Waals surface area contributed by atoms with Gasteiger partial charge < -0.3 is 15.0 Å². The van der Waals surface area contributed by atoms with Gasteiger partial charge in [-0.05, 0) is 19.8 Å². The summed E-state index contributed by atoms with van der Waals surface area (Å²) in [6.45, 7) is 6.18. The largest absolute Gasteiger partial charge is 0.467 e. The van der Waals surface area contributed by atoms with Crippen LogP contribution in [-0.4, -0.2) is 73.6 Å². The van der Waals surface area contributed by atoms with Gasteiger partial charge in [-0.2, -0.15) is 0 Å². The molecule has 0 saturated carbocycles. The molecule has 2 aliphatic heterocycles. The fourth-order valence-electron chi connectivity index (χ4n) is 2.88. The van der Waals surface area contributed by atoms with Gasteiger partial charge in [-0.1, -0.05) is 0 Å². The van der Waals surface area contributed by atoms with E-state index in [0.717, 1.165) is 32.6 Å². The quantitative estimate of drug-likeness (QED) is 0.696. The van der Waals surface area contributed by atoms with Crippen molar-refractivity contribution in [3.63, 3.8) is 0 Å². The number of nitrogens with one attached hydrogen (secondary N) is 1. The predicted molar refractivity (Wildman–Crippen MR) is 70.7 cm³/mol. The fraction of sp³-hybridized carbons (Fsp3) is 0.846. The number of piperazine rings is 1. The van der Waals surface area contributed by atoms with E-state index in [4.69, 9.17) is 4.74 Å². The molecule has 0 aromatic rings. The Morgan fingerprint density at radius 2 is 1.95 bits per heavy atom. The SMILES string of the molecule is COC(=O)C1CCCN1C(=O)C(C)N1CCNCC1. The van der Waals surface area contributed by atoms with Crippen LogP contribution in [0.4, 0.5) is 0 Å². The van der Waals surface area contributed by atoms with Crippen molar-refractivity contribution in [2.45, 2.75) is 31.8 Å². The van der Waals surface area contributed by atoms with Crippen LogP contribution in [-0.2, 0) is 14.3 Å². The summed E-state index contributed by atoms with van der Waals surface area (Å²) < 4.78 is 4.78. The van der Waals surface area contributed by atoms with Crippen LogP contribution in [0, 0.1) is 0 Å². The van der Waals surface area contributed by atoms with Crippen molar-refractivity contribution in [3.8, 4) is 0 Å². The molecule has 1 N–H and O–H groups in total. The first-order chi connectivity index (χ1) is 9.15. The van der Waals surface area contributed by atoms with Crippen molar-refractivity contribution in [2.75, 3.05) is 39.8 Å². The minimum absolute atomic E-state index is 0.0507. The number of carbonyl (C=O) groups is 2. The van der Waals surface area contributed by atoms with Gasteiger partial charge in [-0.25, -0.2) is 4.79 Å². The number of nitrogens with zero attached hydrogens (tertiary/aromatic N) is 2. The molecule has 1 amide bonds. The summed E-state index contributed by atoms with van der Waals surface area (Å²) in [5, 5.41) is 3.27. The molecule has 6 heteroatoms. The summed E-state index contributed by atoms with van der Waals surface area (Å²) in [5.74, 6) is -0.242. The molecule has 2 fully saturated rings. The second-order valence-corrected chi connectivity index (χ2v) is 5.17. The zero-order chi connectivity index (χ0) is 13.8. The highest BCUT2D eigenvalue weighted by molar-refractivity contribution is 5.88. The summed E-state index contributed by atoms with van der Waals surface area (Å²) in [5.41, 5.74) is 0. The van der Waals surface area contributed by atoms with E-state index >= 15 is 0 Å². The number of hydrogen-bond acceptors (Lipinski definition) is 5. The molecule has 2 unspecified atom stereocenters. The lowest BCUT2D eigenvalue weighted by molar-refractivity contribution is -0.152. The Morgan fingerprint density at radius 1 is 1.26 bits per heavy atom. The Morgan fingerprint density at radius 3 is 2.58 bits per heavy atom. The molecule has 0 aromatic carbocycles. The average Bonchev–Trinajstić information content (AvgIpc) is 2.95. The minimum Gasteiger partial charge on any atom is -0.467 e. The number of rotatable bonds is 3. The molecule has 2 aliphatic rings. The molecule has 6 nitrogen and oxygen atoms in total. The highest BCUT2D eigenvalue weighted by Crippen LogP contribution is 2.20. The third-order valence-electron chi connectivity index (χ3n) is 4.07. The van der Waals surface area contributed by atoms with Crippen molar-refractivity contribution in [1.82, 2.24) is 15.1 Å². The average molecular weight is 269 g/mol. The van der Waals surface area contributed by atoms with E-state index in [2.05, 4.69) is 10.2 Å². The van der Waals surface area contributed by atoms with Crippen LogP contribution in [0.2, 0.25) is 0 Å². The molecular weight excluding hydrogens is 246 g/mol. The third-order valence-corrected chi connectivity index (χ3v) is 4.07. The summed E-state index contributed by atoms with van der Waals surface area (Å²) in [4.78, 5) is 28.1. The van der Waals surface area contributed by atoms with Gasteiger partial charge in [-0.3, -0.25) is 9.69 Å². The minimum atomic E-state index is -0.386. The van der Waals surface area contributed by atoms with Gasteiger partial charge in [0.05, 0.1) is 13.2 Å². The molecule has 2 saturated heterocycles. The maximum atomic E-state index is 12.5. The van der Waals surface area contributed by atoms with Crippen LogP contribution >= 0.6 is 0 Å². The van der Waals surface area contributed by atoms with Crippen LogP contribution in [0.25, 0.3) is 0 Å². The zero-order valence-corrected chi connectivity index (χ0v) is 11.7. The second kappa shape index (κ2) is 6.34. The van der Waals surface area contributed by atoms with E-state index < -0.39 is 0 Å². The maximum Gasteiger partial charge on any atom is 0.328 e. The zero-order valence-electron chi connectivity index (χ0n) is 11.7. The highest BCUT2D eigenvalue weighted by Gasteiger charge is 2.38. The lowest BCUT2D eigenvalue weighted by atomic mass is 10.2. The Kier molecular flexibility index (Phi) is 4.76. The molecule has 0 aromatic heterocycles. The fourth-order valence-corrected chi connectivity index (χ4v) is 2.88. The van der Waals surface area contributed by atoms with Crippen LogP contribution in [0.5, 0.6) is 0 Å². The Balaban J connectivity index is 1.99. The normalized spacial score (nSPS) is 26.2. The number of likely N-dealkylation sites (tertiary alicyclic amines) is 1.